The lowest BCUT2D eigenvalue weighted by atomic mass is 10.1. The number of alkyl halides is 2. The number of benzene rings is 2. The van der Waals surface area contributed by atoms with Crippen molar-refractivity contribution in [2.45, 2.75) is 11.3 Å². The minimum Gasteiger partial charge on any atom is -0.494 e. The quantitative estimate of drug-likeness (QED) is 0.655. The number of methoxy groups -OCH3 is 1. The maximum absolute atomic E-state index is 14.2. The highest BCUT2D eigenvalue weighted by Crippen LogP contribution is 2.34. The molecule has 1 heterocycles. The lowest BCUT2D eigenvalue weighted by Crippen LogP contribution is -2.01. The minimum atomic E-state index is -3.03. The summed E-state index contributed by atoms with van der Waals surface area (Å²) in [5.41, 5.74) is -0.840. The number of ether oxygens (including phenoxy) is 1. The van der Waals surface area contributed by atoms with E-state index in [1.54, 1.807) is 6.07 Å². The first-order valence-electron chi connectivity index (χ1n) is 7.77. The van der Waals surface area contributed by atoms with E-state index in [1.165, 1.54) is 43.5 Å². The molecule has 3 rings (SSSR count). The molecule has 0 saturated heterocycles. The van der Waals surface area contributed by atoms with Gasteiger partial charge in [0.1, 0.15) is 17.3 Å². The molecule has 0 bridgehead atoms. The number of nitriles is 1. The number of rotatable bonds is 5. The first-order chi connectivity index (χ1) is 13.4. The Morgan fingerprint density at radius 1 is 1.18 bits per heavy atom. The fourth-order valence-electron chi connectivity index (χ4n) is 2.68. The second-order valence-electron chi connectivity index (χ2n) is 5.56. The van der Waals surface area contributed by atoms with E-state index in [0.29, 0.717) is 0 Å². The zero-order valence-electron chi connectivity index (χ0n) is 14.3. The second-order valence-corrected chi connectivity index (χ2v) is 6.59. The zero-order valence-corrected chi connectivity index (χ0v) is 15.2. The molecule has 0 saturated carbocycles. The average molecular weight is 407 g/mol. The van der Waals surface area contributed by atoms with Gasteiger partial charge in [0, 0.05) is 5.56 Å². The highest BCUT2D eigenvalue weighted by molar-refractivity contribution is 7.72. The summed E-state index contributed by atoms with van der Waals surface area (Å²) in [4.78, 5) is 0.0255. The molecule has 0 amide bonds. The lowest BCUT2D eigenvalue weighted by Gasteiger charge is -2.10. The van der Waals surface area contributed by atoms with Gasteiger partial charge in [0.15, 0.2) is 22.3 Å². The first kappa shape index (κ1) is 19.4. The molecule has 0 aliphatic rings. The number of hydrogen-bond acceptors (Lipinski definition) is 5. The van der Waals surface area contributed by atoms with Crippen LogP contribution >= 0.6 is 0 Å². The Morgan fingerprint density at radius 3 is 2.36 bits per heavy atom. The summed E-state index contributed by atoms with van der Waals surface area (Å²) in [7, 11) is -1.54. The third-order valence-electron chi connectivity index (χ3n) is 3.96. The maximum atomic E-state index is 14.2. The van der Waals surface area contributed by atoms with Crippen molar-refractivity contribution in [2.24, 2.45) is 0 Å². The highest BCUT2D eigenvalue weighted by atomic mass is 32.2. The van der Waals surface area contributed by atoms with Gasteiger partial charge in [0.2, 0.25) is 0 Å². The molecule has 0 spiro atoms. The van der Waals surface area contributed by atoms with E-state index in [0.717, 1.165) is 10.7 Å². The van der Waals surface area contributed by atoms with E-state index >= 15 is 0 Å². The fraction of sp³-hybridized carbons (Fsp3) is 0.111. The number of thiol groups is 1. The molecule has 0 unspecified atom stereocenters. The molecule has 0 N–H and O–H groups in total. The number of aromatic nitrogens is 2. The Kier molecular flexibility index (Phi) is 5.37. The summed E-state index contributed by atoms with van der Waals surface area (Å²) < 4.78 is 69.0. The van der Waals surface area contributed by atoms with Gasteiger partial charge in [-0.15, -0.1) is 0 Å². The molecule has 0 fully saturated rings. The van der Waals surface area contributed by atoms with Crippen molar-refractivity contribution >= 4 is 10.7 Å². The molecule has 0 aliphatic carbocycles. The van der Waals surface area contributed by atoms with E-state index < -0.39 is 34.2 Å². The zero-order chi connectivity index (χ0) is 20.4. The van der Waals surface area contributed by atoms with E-state index in [9.17, 15) is 26.9 Å². The third kappa shape index (κ3) is 3.44. The first-order valence-corrected chi connectivity index (χ1v) is 8.95. The van der Waals surface area contributed by atoms with E-state index in [1.807, 2.05) is 0 Å². The summed E-state index contributed by atoms with van der Waals surface area (Å²) in [5.74, 6) is -0.792. The van der Waals surface area contributed by atoms with Crippen molar-refractivity contribution in [2.75, 3.05) is 7.11 Å². The molecule has 144 valence electrons. The molecule has 0 atom stereocenters. The number of nitrogens with zero attached hydrogens (tertiary/aromatic N) is 3. The van der Waals surface area contributed by atoms with Crippen LogP contribution in [0, 0.1) is 17.1 Å². The summed E-state index contributed by atoms with van der Waals surface area (Å²) >= 11 is 0. The Hall–Kier alpha value is -3.32. The molecule has 10 heteroatoms. The van der Waals surface area contributed by atoms with E-state index in [-0.39, 0.29) is 27.6 Å². The van der Waals surface area contributed by atoms with Gasteiger partial charge in [-0.2, -0.15) is 10.4 Å². The number of halogens is 3. The minimum absolute atomic E-state index is 0.0255. The molecule has 2 aromatic carbocycles. The van der Waals surface area contributed by atoms with Crippen molar-refractivity contribution in [3.63, 3.8) is 0 Å². The highest BCUT2D eigenvalue weighted by Gasteiger charge is 2.26. The van der Waals surface area contributed by atoms with Crippen LogP contribution in [0.15, 0.2) is 47.4 Å². The predicted molar refractivity (Wildman–Crippen MR) is 93.8 cm³/mol. The van der Waals surface area contributed by atoms with Gasteiger partial charge in [-0.3, -0.25) is 0 Å². The molecule has 6 nitrogen and oxygen atoms in total. The van der Waals surface area contributed by atoms with Crippen LogP contribution in [0.4, 0.5) is 13.2 Å². The topological polar surface area (TPSA) is 85.0 Å². The largest absolute Gasteiger partial charge is 0.494 e. The predicted octanol–water partition coefficient (Wildman–Crippen LogP) is 3.47. The molecule has 1 aromatic heterocycles. The van der Waals surface area contributed by atoms with Crippen LogP contribution in [-0.4, -0.2) is 25.3 Å². The van der Waals surface area contributed by atoms with E-state index in [2.05, 4.69) is 5.10 Å². The van der Waals surface area contributed by atoms with Crippen molar-refractivity contribution < 1.29 is 26.3 Å². The standard InChI is InChI=1S/C18H12F3N3O3S/c1-27-15-7-2-10(8-14(15)19)17-13(9-22)16(18(20)21)23-24(17)11-3-5-12(6-4-11)28(25)26/h2-8,18,28H,1H3. The molecule has 0 aliphatic heterocycles. The van der Waals surface area contributed by atoms with E-state index in [4.69, 9.17) is 4.74 Å². The van der Waals surface area contributed by atoms with Gasteiger partial charge in [0.05, 0.1) is 23.4 Å². The van der Waals surface area contributed by atoms with Crippen LogP contribution in [0.1, 0.15) is 17.7 Å². The van der Waals surface area contributed by atoms with Gasteiger partial charge in [-0.05, 0) is 42.5 Å². The van der Waals surface area contributed by atoms with Crippen LogP contribution in [0.5, 0.6) is 5.75 Å². The van der Waals surface area contributed by atoms with Crippen LogP contribution < -0.4 is 4.74 Å². The fourth-order valence-corrected chi connectivity index (χ4v) is 3.07. The normalized spacial score (nSPS) is 11.0. The smallest absolute Gasteiger partial charge is 0.283 e. The van der Waals surface area contributed by atoms with Crippen molar-refractivity contribution in [3.8, 4) is 28.8 Å². The van der Waals surface area contributed by atoms with Crippen molar-refractivity contribution in [1.82, 2.24) is 9.78 Å². The second kappa shape index (κ2) is 7.74. The van der Waals surface area contributed by atoms with Crippen LogP contribution in [0.3, 0.4) is 0 Å². The van der Waals surface area contributed by atoms with Crippen LogP contribution in [0.2, 0.25) is 0 Å². The summed E-state index contributed by atoms with van der Waals surface area (Å²) in [6, 6.07) is 10.7. The summed E-state index contributed by atoms with van der Waals surface area (Å²) in [5, 5.41) is 13.2. The maximum Gasteiger partial charge on any atom is 0.283 e. The lowest BCUT2D eigenvalue weighted by molar-refractivity contribution is 0.145. The van der Waals surface area contributed by atoms with Gasteiger partial charge >= 0.3 is 0 Å². The molecule has 28 heavy (non-hydrogen) atoms. The third-order valence-corrected chi connectivity index (χ3v) is 4.68. The number of hydrogen-bond donors (Lipinski definition) is 1. The van der Waals surface area contributed by atoms with Crippen molar-refractivity contribution in [3.05, 3.63) is 59.5 Å². The van der Waals surface area contributed by atoms with Gasteiger partial charge in [0.25, 0.3) is 6.43 Å². The van der Waals surface area contributed by atoms with Gasteiger partial charge in [-0.25, -0.2) is 26.3 Å². The monoisotopic (exact) mass is 407 g/mol. The average Bonchev–Trinajstić information content (AvgIpc) is 3.07. The Balaban J connectivity index is 2.28. The Morgan fingerprint density at radius 2 is 1.86 bits per heavy atom. The molecule has 3 aromatic rings. The van der Waals surface area contributed by atoms with Gasteiger partial charge < -0.3 is 4.74 Å². The van der Waals surface area contributed by atoms with Crippen LogP contribution in [0.25, 0.3) is 16.9 Å². The molecular weight excluding hydrogens is 395 g/mol. The summed E-state index contributed by atoms with van der Waals surface area (Å²) in [6.07, 6.45) is -3.03. The Labute approximate surface area is 159 Å². The van der Waals surface area contributed by atoms with Crippen LogP contribution in [-0.2, 0) is 10.7 Å². The Bertz CT molecular complexity index is 1140. The van der Waals surface area contributed by atoms with Gasteiger partial charge in [-0.1, -0.05) is 0 Å². The SMILES string of the molecule is COc1ccc(-c2c(C#N)c(C(F)F)nn2-c2ccc([SH](=O)=O)cc2)cc1F. The molecule has 0 radical (unpaired) electrons. The summed E-state index contributed by atoms with van der Waals surface area (Å²) in [6.45, 7) is 0. The van der Waals surface area contributed by atoms with Crippen molar-refractivity contribution in [1.29, 1.82) is 5.26 Å². The molecular formula is C18H12F3N3O3S.